The number of benzene rings is 4. The molecule has 1 atom stereocenters. The highest BCUT2D eigenvalue weighted by molar-refractivity contribution is 7.97. The van der Waals surface area contributed by atoms with Gasteiger partial charge in [-0.05, 0) is 110 Å². The van der Waals surface area contributed by atoms with E-state index in [1.54, 1.807) is 23.9 Å². The number of hydrogen-bond donors (Lipinski definition) is 1. The molecule has 0 bridgehead atoms. The Bertz CT molecular complexity index is 1580. The molecule has 0 spiro atoms. The first-order chi connectivity index (χ1) is 25.0. The highest BCUT2D eigenvalue weighted by Gasteiger charge is 2.36. The maximum atomic E-state index is 13.9. The van der Waals surface area contributed by atoms with E-state index in [1.165, 1.54) is 35.1 Å². The van der Waals surface area contributed by atoms with Gasteiger partial charge in [0.15, 0.2) is 0 Å². The Morgan fingerprint density at radius 2 is 1.35 bits per heavy atom. The quantitative estimate of drug-likeness (QED) is 0.214. The standard InChI is InChI=1S/C35H33F3N2.C2H5N.C2H6S.3C2H6/c1-24-9-13-32(14-10-24)40-17-15-27(16-18-40)33(30-11-12-31(23-39)34(22-30)35(36,37)38)21-26-6-4-8-29(20-26)28-7-3-5-25(2)19-28;1-2-3;1-3-2;3*1-2/h3-14,19-20,22,27,33H,15-18,21H2,1-2H3;2H,1,3H2;1-2H3;3*1-2H3. The van der Waals surface area contributed by atoms with Gasteiger partial charge in [-0.3, -0.25) is 0 Å². The molecule has 2 N–H and O–H groups in total. The molecule has 7 heteroatoms. The average molecular weight is 734 g/mol. The van der Waals surface area contributed by atoms with Gasteiger partial charge in [-0.25, -0.2) is 0 Å². The molecule has 1 heterocycles. The highest BCUT2D eigenvalue weighted by Crippen LogP contribution is 2.40. The monoisotopic (exact) mass is 733 g/mol. The van der Waals surface area contributed by atoms with Gasteiger partial charge in [0.05, 0.1) is 17.2 Å². The maximum Gasteiger partial charge on any atom is 0.417 e. The summed E-state index contributed by atoms with van der Waals surface area (Å²) < 4.78 is 41.8. The summed E-state index contributed by atoms with van der Waals surface area (Å²) in [4.78, 5) is 2.37. The first-order valence-corrected chi connectivity index (χ1v) is 20.0. The van der Waals surface area contributed by atoms with Crippen molar-refractivity contribution in [1.82, 2.24) is 0 Å². The van der Waals surface area contributed by atoms with Gasteiger partial charge in [0, 0.05) is 18.8 Å². The summed E-state index contributed by atoms with van der Waals surface area (Å²) in [5.41, 5.74) is 11.0. The van der Waals surface area contributed by atoms with Crippen molar-refractivity contribution in [2.45, 2.75) is 86.7 Å². The lowest BCUT2D eigenvalue weighted by molar-refractivity contribution is -0.137. The number of halogens is 3. The molecule has 0 amide bonds. The Balaban J connectivity index is 0.00000194. The van der Waals surface area contributed by atoms with Crippen molar-refractivity contribution in [1.29, 1.82) is 5.26 Å². The molecule has 4 aromatic rings. The molecule has 3 nitrogen and oxygen atoms in total. The van der Waals surface area contributed by atoms with E-state index in [2.05, 4.69) is 91.7 Å². The fourth-order valence-corrected chi connectivity index (χ4v) is 5.95. The normalized spacial score (nSPS) is 12.5. The van der Waals surface area contributed by atoms with Gasteiger partial charge >= 0.3 is 6.18 Å². The Morgan fingerprint density at radius 1 is 0.827 bits per heavy atom. The van der Waals surface area contributed by atoms with Crippen LogP contribution in [-0.2, 0) is 12.6 Å². The smallest absolute Gasteiger partial charge is 0.405 e. The molecule has 1 aliphatic heterocycles. The molecule has 1 fully saturated rings. The van der Waals surface area contributed by atoms with E-state index in [0.29, 0.717) is 12.0 Å². The number of hydrogen-bond acceptors (Lipinski definition) is 4. The SMILES string of the molecule is C=CN.CC.CC.CC.CSC.Cc1ccc(N2CCC(C(Cc3cccc(-c4cccc(C)c4)c3)c3ccc(C#N)c(C(F)(F)F)c3)CC2)cc1. The number of aryl methyl sites for hydroxylation is 2. The fourth-order valence-electron chi connectivity index (χ4n) is 5.95. The molecule has 0 saturated carbocycles. The summed E-state index contributed by atoms with van der Waals surface area (Å²) in [6.07, 6.45) is 3.17. The van der Waals surface area contributed by atoms with Gasteiger partial charge in [0.1, 0.15) is 0 Å². The Hall–Kier alpha value is -4.15. The Labute approximate surface area is 318 Å². The Kier molecular flexibility index (Phi) is 24.5. The van der Waals surface area contributed by atoms with Crippen LogP contribution in [-0.4, -0.2) is 25.6 Å². The van der Waals surface area contributed by atoms with Gasteiger partial charge in [0.2, 0.25) is 0 Å². The van der Waals surface area contributed by atoms with Crippen LogP contribution in [0, 0.1) is 31.1 Å². The number of nitriles is 1. The zero-order valence-corrected chi connectivity index (χ0v) is 34.0. The molecule has 1 aliphatic rings. The summed E-state index contributed by atoms with van der Waals surface area (Å²) in [6, 6.07) is 31.2. The zero-order chi connectivity index (χ0) is 39.7. The van der Waals surface area contributed by atoms with Gasteiger partial charge < -0.3 is 10.6 Å². The van der Waals surface area contributed by atoms with E-state index in [4.69, 9.17) is 0 Å². The van der Waals surface area contributed by atoms with Crippen molar-refractivity contribution in [3.05, 3.63) is 137 Å². The number of nitrogens with zero attached hydrogens (tertiary/aromatic N) is 2. The predicted octanol–water partition coefficient (Wildman–Crippen LogP) is 13.3. The number of piperidine rings is 1. The first kappa shape index (κ1) is 47.8. The lowest BCUT2D eigenvalue weighted by Gasteiger charge is -2.38. The van der Waals surface area contributed by atoms with Crippen molar-refractivity contribution in [2.75, 3.05) is 30.5 Å². The van der Waals surface area contributed by atoms with Crippen LogP contribution in [0.15, 0.2) is 104 Å². The lowest BCUT2D eigenvalue weighted by Crippen LogP contribution is -2.36. The molecule has 1 saturated heterocycles. The summed E-state index contributed by atoms with van der Waals surface area (Å²) >= 11 is 1.75. The molecule has 0 radical (unpaired) electrons. The number of anilines is 1. The second-order valence-corrected chi connectivity index (χ2v) is 12.4. The Morgan fingerprint density at radius 3 is 1.85 bits per heavy atom. The minimum absolute atomic E-state index is 0.0956. The molecule has 284 valence electrons. The topological polar surface area (TPSA) is 53.0 Å². The molecule has 4 aromatic carbocycles. The molecule has 52 heavy (non-hydrogen) atoms. The van der Waals surface area contributed by atoms with Crippen LogP contribution in [0.3, 0.4) is 0 Å². The third-order valence-electron chi connectivity index (χ3n) is 8.14. The van der Waals surface area contributed by atoms with Gasteiger partial charge in [-0.15, -0.1) is 0 Å². The first-order valence-electron chi connectivity index (χ1n) is 18.4. The van der Waals surface area contributed by atoms with E-state index >= 15 is 0 Å². The van der Waals surface area contributed by atoms with Crippen LogP contribution >= 0.6 is 11.8 Å². The minimum atomic E-state index is -4.58. The third-order valence-corrected chi connectivity index (χ3v) is 8.14. The highest BCUT2D eigenvalue weighted by atomic mass is 32.2. The average Bonchev–Trinajstić information content (AvgIpc) is 3.17. The molecule has 5 rings (SSSR count). The second-order valence-electron chi connectivity index (χ2n) is 11.6. The van der Waals surface area contributed by atoms with Crippen molar-refractivity contribution < 1.29 is 13.2 Å². The summed E-state index contributed by atoms with van der Waals surface area (Å²) in [6.45, 7) is 21.0. The van der Waals surface area contributed by atoms with Crippen LogP contribution in [0.1, 0.15) is 93.7 Å². The van der Waals surface area contributed by atoms with Crippen molar-refractivity contribution in [3.63, 3.8) is 0 Å². The van der Waals surface area contributed by atoms with Crippen LogP contribution in [0.4, 0.5) is 18.9 Å². The van der Waals surface area contributed by atoms with Gasteiger partial charge in [-0.2, -0.15) is 30.2 Å². The molecule has 0 aromatic heterocycles. The lowest BCUT2D eigenvalue weighted by atomic mass is 9.76. The molecule has 0 aliphatic carbocycles. The predicted molar refractivity (Wildman–Crippen MR) is 223 cm³/mol. The number of alkyl halides is 3. The van der Waals surface area contributed by atoms with Gasteiger partial charge in [-0.1, -0.05) is 126 Å². The fraction of sp³-hybridized carbons (Fsp3) is 0.400. The maximum absolute atomic E-state index is 13.9. The zero-order valence-electron chi connectivity index (χ0n) is 33.1. The molecular weight excluding hydrogens is 672 g/mol. The molecule has 1 unspecified atom stereocenters. The van der Waals surface area contributed by atoms with E-state index in [-0.39, 0.29) is 17.4 Å². The van der Waals surface area contributed by atoms with Crippen LogP contribution < -0.4 is 10.6 Å². The van der Waals surface area contributed by atoms with Gasteiger partial charge in [0.25, 0.3) is 0 Å². The number of nitrogens with two attached hydrogens (primary N) is 1. The largest absolute Gasteiger partial charge is 0.417 e. The van der Waals surface area contributed by atoms with E-state index < -0.39 is 11.7 Å². The van der Waals surface area contributed by atoms with Crippen LogP contribution in [0.5, 0.6) is 0 Å². The van der Waals surface area contributed by atoms with Crippen molar-refractivity contribution >= 4 is 17.4 Å². The van der Waals surface area contributed by atoms with E-state index in [1.807, 2.05) is 66.2 Å². The van der Waals surface area contributed by atoms with Crippen molar-refractivity contribution in [2.24, 2.45) is 11.7 Å². The minimum Gasteiger partial charge on any atom is -0.405 e. The van der Waals surface area contributed by atoms with Crippen LogP contribution in [0.2, 0.25) is 0 Å². The van der Waals surface area contributed by atoms with Crippen LogP contribution in [0.25, 0.3) is 11.1 Å². The summed E-state index contributed by atoms with van der Waals surface area (Å²) in [5.74, 6) is 0.125. The second kappa shape index (κ2) is 26.6. The summed E-state index contributed by atoms with van der Waals surface area (Å²) in [5, 5.41) is 9.35. The third kappa shape index (κ3) is 15.6. The number of thioether (sulfide) groups is 1. The number of rotatable bonds is 6. The van der Waals surface area contributed by atoms with Crippen molar-refractivity contribution in [3.8, 4) is 17.2 Å². The van der Waals surface area contributed by atoms with E-state index in [9.17, 15) is 18.4 Å². The van der Waals surface area contributed by atoms with E-state index in [0.717, 1.165) is 42.6 Å². The summed E-state index contributed by atoms with van der Waals surface area (Å²) in [7, 11) is 0. The molecular formula is C45H62F3N3S.